The van der Waals surface area contributed by atoms with E-state index in [0.29, 0.717) is 0 Å². The van der Waals surface area contributed by atoms with Crippen molar-refractivity contribution < 1.29 is 22.4 Å². The first-order chi connectivity index (χ1) is 9.34. The zero-order valence-corrected chi connectivity index (χ0v) is 11.7. The van der Waals surface area contributed by atoms with Crippen molar-refractivity contribution in [2.45, 2.75) is 6.92 Å². The van der Waals surface area contributed by atoms with Gasteiger partial charge in [-0.15, -0.1) is 0 Å². The van der Waals surface area contributed by atoms with Crippen molar-refractivity contribution in [3.8, 4) is 0 Å². The largest absolute Gasteiger partial charge is 0.288 e. The summed E-state index contributed by atoms with van der Waals surface area (Å²) in [6, 6.07) is 4.08. The normalized spacial score (nSPS) is 10.7. The Balaban J connectivity index is 2.58. The van der Waals surface area contributed by atoms with Crippen molar-refractivity contribution in [2.75, 3.05) is 0 Å². The lowest BCUT2D eigenvalue weighted by Gasteiger charge is -2.08. The number of halogens is 5. The van der Waals surface area contributed by atoms with Gasteiger partial charge in [0.05, 0.1) is 10.0 Å². The maximum atomic E-state index is 13.7. The molecular formula is C14H7BrF4O. The number of aryl methyl sites for hydroxylation is 1. The molecule has 0 amide bonds. The minimum atomic E-state index is -1.31. The first kappa shape index (κ1) is 14.7. The van der Waals surface area contributed by atoms with Crippen LogP contribution in [0.4, 0.5) is 17.6 Å². The van der Waals surface area contributed by atoms with Gasteiger partial charge in [0.25, 0.3) is 0 Å². The minimum absolute atomic E-state index is 0.0448. The quantitative estimate of drug-likeness (QED) is 0.443. The van der Waals surface area contributed by atoms with Crippen LogP contribution in [-0.2, 0) is 0 Å². The van der Waals surface area contributed by atoms with E-state index in [0.717, 1.165) is 18.2 Å². The van der Waals surface area contributed by atoms with E-state index in [-0.39, 0.29) is 11.1 Å². The second-order valence-corrected chi connectivity index (χ2v) is 4.90. The van der Waals surface area contributed by atoms with Crippen LogP contribution in [0.3, 0.4) is 0 Å². The Morgan fingerprint density at radius 3 is 2.15 bits per heavy atom. The molecule has 0 aliphatic heterocycles. The first-order valence-electron chi connectivity index (χ1n) is 5.47. The van der Waals surface area contributed by atoms with E-state index < -0.39 is 39.1 Å². The fourth-order valence-electron chi connectivity index (χ4n) is 1.67. The van der Waals surface area contributed by atoms with E-state index in [2.05, 4.69) is 15.9 Å². The molecule has 1 nitrogen and oxygen atoms in total. The number of rotatable bonds is 2. The maximum absolute atomic E-state index is 13.7. The van der Waals surface area contributed by atoms with Crippen LogP contribution >= 0.6 is 15.9 Å². The summed E-state index contributed by atoms with van der Waals surface area (Å²) in [5.41, 5.74) is -0.783. The summed E-state index contributed by atoms with van der Waals surface area (Å²) < 4.78 is 53.1. The van der Waals surface area contributed by atoms with Gasteiger partial charge in [0.15, 0.2) is 29.1 Å². The van der Waals surface area contributed by atoms with Crippen molar-refractivity contribution in [1.82, 2.24) is 0 Å². The minimum Gasteiger partial charge on any atom is -0.288 e. The highest BCUT2D eigenvalue weighted by Crippen LogP contribution is 2.27. The molecule has 0 bridgehead atoms. The topological polar surface area (TPSA) is 17.1 Å². The molecule has 0 aliphatic rings. The van der Waals surface area contributed by atoms with E-state index in [4.69, 9.17) is 0 Å². The summed E-state index contributed by atoms with van der Waals surface area (Å²) in [4.78, 5) is 12.1. The van der Waals surface area contributed by atoms with Crippen LogP contribution in [0, 0.1) is 30.2 Å². The fraction of sp³-hybridized carbons (Fsp3) is 0.0714. The Labute approximate surface area is 120 Å². The van der Waals surface area contributed by atoms with E-state index >= 15 is 0 Å². The fourth-order valence-corrected chi connectivity index (χ4v) is 2.17. The second-order valence-electron chi connectivity index (χ2n) is 4.11. The average Bonchev–Trinajstić information content (AvgIpc) is 2.42. The molecule has 0 atom stereocenters. The van der Waals surface area contributed by atoms with Crippen LogP contribution in [0.5, 0.6) is 0 Å². The lowest BCUT2D eigenvalue weighted by Crippen LogP contribution is -2.09. The lowest BCUT2D eigenvalue weighted by atomic mass is 10.0. The second kappa shape index (κ2) is 5.36. The van der Waals surface area contributed by atoms with Crippen molar-refractivity contribution >= 4 is 21.7 Å². The third kappa shape index (κ3) is 2.35. The van der Waals surface area contributed by atoms with Gasteiger partial charge in [-0.05, 0) is 46.6 Å². The maximum Gasteiger partial charge on any atom is 0.197 e. The predicted molar refractivity (Wildman–Crippen MR) is 68.6 cm³/mol. The van der Waals surface area contributed by atoms with Gasteiger partial charge in [-0.25, -0.2) is 17.6 Å². The summed E-state index contributed by atoms with van der Waals surface area (Å²) in [5.74, 6) is -5.80. The molecule has 0 fully saturated rings. The van der Waals surface area contributed by atoms with E-state index in [9.17, 15) is 22.4 Å². The molecule has 0 aliphatic carbocycles. The number of benzene rings is 2. The highest BCUT2D eigenvalue weighted by molar-refractivity contribution is 9.10. The van der Waals surface area contributed by atoms with Crippen molar-refractivity contribution in [3.05, 3.63) is 68.7 Å². The smallest absolute Gasteiger partial charge is 0.197 e. The highest BCUT2D eigenvalue weighted by Gasteiger charge is 2.22. The Morgan fingerprint density at radius 1 is 0.900 bits per heavy atom. The highest BCUT2D eigenvalue weighted by atomic mass is 79.9. The lowest BCUT2D eigenvalue weighted by molar-refractivity contribution is 0.103. The Bertz CT molecular complexity index is 653. The van der Waals surface area contributed by atoms with Gasteiger partial charge >= 0.3 is 0 Å². The third-order valence-electron chi connectivity index (χ3n) is 2.80. The van der Waals surface area contributed by atoms with Crippen LogP contribution in [-0.4, -0.2) is 5.78 Å². The standard InChI is InChI=1S/C14H7BrF4O/c1-6-2-3-8(12(18)11(6)17)14(20)7-4-5-9(16)13(19)10(7)15/h2-5H,1H3. The number of carbonyl (C=O) groups is 1. The molecule has 0 radical (unpaired) electrons. The van der Waals surface area contributed by atoms with Crippen LogP contribution in [0.2, 0.25) is 0 Å². The van der Waals surface area contributed by atoms with E-state index in [1.807, 2.05) is 0 Å². The molecule has 104 valence electrons. The summed E-state index contributed by atoms with van der Waals surface area (Å²) >= 11 is 2.73. The van der Waals surface area contributed by atoms with Gasteiger partial charge in [0.1, 0.15) is 0 Å². The monoisotopic (exact) mass is 346 g/mol. The third-order valence-corrected chi connectivity index (χ3v) is 3.58. The Kier molecular flexibility index (Phi) is 3.94. The number of carbonyl (C=O) groups excluding carboxylic acids is 1. The van der Waals surface area contributed by atoms with Crippen LogP contribution in [0.25, 0.3) is 0 Å². The van der Waals surface area contributed by atoms with Gasteiger partial charge in [-0.1, -0.05) is 6.07 Å². The molecule has 0 N–H and O–H groups in total. The van der Waals surface area contributed by atoms with E-state index in [1.165, 1.54) is 13.0 Å². The average molecular weight is 347 g/mol. The van der Waals surface area contributed by atoms with Gasteiger partial charge in [0.2, 0.25) is 0 Å². The van der Waals surface area contributed by atoms with Crippen molar-refractivity contribution in [1.29, 1.82) is 0 Å². The summed E-state index contributed by atoms with van der Waals surface area (Å²) in [6.45, 7) is 1.35. The molecule has 0 unspecified atom stereocenters. The summed E-state index contributed by atoms with van der Waals surface area (Å²) in [6.07, 6.45) is 0. The van der Waals surface area contributed by atoms with Crippen molar-refractivity contribution in [2.24, 2.45) is 0 Å². The Morgan fingerprint density at radius 2 is 1.50 bits per heavy atom. The van der Waals surface area contributed by atoms with Crippen LogP contribution in [0.1, 0.15) is 21.5 Å². The van der Waals surface area contributed by atoms with Crippen LogP contribution in [0.15, 0.2) is 28.7 Å². The molecule has 20 heavy (non-hydrogen) atoms. The summed E-state index contributed by atoms with van der Waals surface area (Å²) in [5, 5.41) is 0. The van der Waals surface area contributed by atoms with E-state index in [1.54, 1.807) is 0 Å². The molecule has 2 aromatic carbocycles. The number of hydrogen-bond donors (Lipinski definition) is 0. The first-order valence-corrected chi connectivity index (χ1v) is 6.26. The van der Waals surface area contributed by atoms with Gasteiger partial charge in [-0.2, -0.15) is 0 Å². The molecule has 2 aromatic rings. The summed E-state index contributed by atoms with van der Waals surface area (Å²) in [7, 11) is 0. The molecule has 0 saturated heterocycles. The zero-order valence-electron chi connectivity index (χ0n) is 10.1. The zero-order chi connectivity index (χ0) is 15.0. The Hall–Kier alpha value is -1.69. The molecule has 0 saturated carbocycles. The van der Waals surface area contributed by atoms with Crippen LogP contribution < -0.4 is 0 Å². The van der Waals surface area contributed by atoms with Gasteiger partial charge in [-0.3, -0.25) is 4.79 Å². The molecule has 2 rings (SSSR count). The molecule has 0 aromatic heterocycles. The van der Waals surface area contributed by atoms with Gasteiger partial charge < -0.3 is 0 Å². The molecular weight excluding hydrogens is 340 g/mol. The molecule has 6 heteroatoms. The SMILES string of the molecule is Cc1ccc(C(=O)c2ccc(F)c(F)c2Br)c(F)c1F. The number of ketones is 1. The number of hydrogen-bond acceptors (Lipinski definition) is 1. The molecule has 0 heterocycles. The predicted octanol–water partition coefficient (Wildman–Crippen LogP) is 4.54. The van der Waals surface area contributed by atoms with Crippen molar-refractivity contribution in [3.63, 3.8) is 0 Å². The molecule has 0 spiro atoms. The van der Waals surface area contributed by atoms with Gasteiger partial charge in [0, 0.05) is 5.56 Å².